The van der Waals surface area contributed by atoms with Crippen LogP contribution in [0.2, 0.25) is 0 Å². The lowest BCUT2D eigenvalue weighted by Gasteiger charge is -2.28. The van der Waals surface area contributed by atoms with E-state index in [2.05, 4.69) is 10.1 Å². The van der Waals surface area contributed by atoms with Crippen molar-refractivity contribution in [1.82, 2.24) is 0 Å². The summed E-state index contributed by atoms with van der Waals surface area (Å²) in [5.41, 5.74) is 3.02. The fraction of sp³-hybridized carbons (Fsp3) is 0.300. The maximum absolute atomic E-state index is 12.7. The van der Waals surface area contributed by atoms with E-state index in [0.29, 0.717) is 16.9 Å². The van der Waals surface area contributed by atoms with Gasteiger partial charge in [-0.3, -0.25) is 9.10 Å². The van der Waals surface area contributed by atoms with Crippen LogP contribution in [0.3, 0.4) is 0 Å². The predicted molar refractivity (Wildman–Crippen MR) is 109 cm³/mol. The average Bonchev–Trinajstić information content (AvgIpc) is 2.59. The molecule has 0 spiro atoms. The summed E-state index contributed by atoms with van der Waals surface area (Å²) in [7, 11) is -2.41. The van der Waals surface area contributed by atoms with E-state index in [0.717, 1.165) is 21.7 Å². The highest BCUT2D eigenvalue weighted by molar-refractivity contribution is 7.92. The van der Waals surface area contributed by atoms with E-state index >= 15 is 0 Å². The second kappa shape index (κ2) is 8.43. The lowest BCUT2D eigenvalue weighted by atomic mass is 10.1. The number of hydrogen-bond donors (Lipinski definition) is 1. The summed E-state index contributed by atoms with van der Waals surface area (Å²) in [6.45, 7) is 5.26. The molecule has 1 unspecified atom stereocenters. The number of esters is 1. The van der Waals surface area contributed by atoms with Gasteiger partial charge in [0.25, 0.3) is 0 Å². The summed E-state index contributed by atoms with van der Waals surface area (Å²) >= 11 is 0. The molecule has 0 aliphatic heterocycles. The normalized spacial score (nSPS) is 12.2. The number of nitrogens with zero attached hydrogens (tertiary/aromatic N) is 1. The van der Waals surface area contributed by atoms with Crippen LogP contribution in [0.1, 0.15) is 28.4 Å². The van der Waals surface area contributed by atoms with Gasteiger partial charge in [-0.2, -0.15) is 0 Å². The van der Waals surface area contributed by atoms with Crippen molar-refractivity contribution in [2.45, 2.75) is 26.8 Å². The molecule has 0 heterocycles. The molecule has 150 valence electrons. The zero-order valence-corrected chi connectivity index (χ0v) is 17.3. The minimum Gasteiger partial charge on any atom is -0.465 e. The topological polar surface area (TPSA) is 92.8 Å². The van der Waals surface area contributed by atoms with Crippen LogP contribution < -0.4 is 9.62 Å². The Balaban J connectivity index is 2.28. The molecule has 1 amide bonds. The van der Waals surface area contributed by atoms with E-state index in [-0.39, 0.29) is 0 Å². The van der Waals surface area contributed by atoms with Gasteiger partial charge < -0.3 is 10.1 Å². The summed E-state index contributed by atoms with van der Waals surface area (Å²) in [5.74, 6) is -0.972. The minimum atomic E-state index is -3.70. The van der Waals surface area contributed by atoms with Crippen molar-refractivity contribution in [2.75, 3.05) is 23.0 Å². The molecule has 0 aliphatic carbocycles. The van der Waals surface area contributed by atoms with Crippen LogP contribution in [-0.2, 0) is 19.6 Å². The highest BCUT2D eigenvalue weighted by atomic mass is 32.2. The third kappa shape index (κ3) is 5.10. The van der Waals surface area contributed by atoms with Crippen LogP contribution in [0, 0.1) is 13.8 Å². The van der Waals surface area contributed by atoms with Crippen molar-refractivity contribution < 1.29 is 22.7 Å². The Morgan fingerprint density at radius 3 is 2.04 bits per heavy atom. The van der Waals surface area contributed by atoms with E-state index in [1.165, 1.54) is 26.2 Å². The van der Waals surface area contributed by atoms with Gasteiger partial charge in [0.1, 0.15) is 6.04 Å². The van der Waals surface area contributed by atoms with Gasteiger partial charge in [-0.15, -0.1) is 0 Å². The van der Waals surface area contributed by atoms with Crippen molar-refractivity contribution in [3.63, 3.8) is 0 Å². The molecule has 0 saturated heterocycles. The smallest absolute Gasteiger partial charge is 0.337 e. The number of carbonyl (C=O) groups excluding carboxylic acids is 2. The molecule has 28 heavy (non-hydrogen) atoms. The van der Waals surface area contributed by atoms with Crippen molar-refractivity contribution >= 4 is 33.3 Å². The first-order valence-corrected chi connectivity index (χ1v) is 10.4. The molecule has 2 aromatic rings. The van der Waals surface area contributed by atoms with Gasteiger partial charge >= 0.3 is 5.97 Å². The van der Waals surface area contributed by atoms with Gasteiger partial charge in [-0.25, -0.2) is 13.2 Å². The molecule has 1 atom stereocenters. The maximum Gasteiger partial charge on any atom is 0.337 e. The number of carbonyl (C=O) groups is 2. The number of benzene rings is 2. The van der Waals surface area contributed by atoms with Crippen molar-refractivity contribution in [1.29, 1.82) is 0 Å². The summed E-state index contributed by atoms with van der Waals surface area (Å²) in [5, 5.41) is 2.68. The summed E-state index contributed by atoms with van der Waals surface area (Å²) < 4.78 is 30.5. The lowest BCUT2D eigenvalue weighted by molar-refractivity contribution is -0.116. The number of ether oxygens (including phenoxy) is 1. The largest absolute Gasteiger partial charge is 0.465 e. The maximum atomic E-state index is 12.7. The van der Waals surface area contributed by atoms with Crippen LogP contribution in [-0.4, -0.2) is 39.7 Å². The van der Waals surface area contributed by atoms with E-state index in [1.807, 2.05) is 19.9 Å². The quantitative estimate of drug-likeness (QED) is 0.748. The molecule has 0 radical (unpaired) electrons. The van der Waals surface area contributed by atoms with E-state index < -0.39 is 27.9 Å². The Kier molecular flexibility index (Phi) is 6.45. The van der Waals surface area contributed by atoms with Crippen LogP contribution in [0.4, 0.5) is 11.4 Å². The zero-order chi connectivity index (χ0) is 21.1. The molecule has 0 bridgehead atoms. The number of rotatable bonds is 6. The molecular weight excluding hydrogens is 380 g/mol. The third-order valence-corrected chi connectivity index (χ3v) is 5.36. The van der Waals surface area contributed by atoms with Gasteiger partial charge in [-0.05, 0) is 68.3 Å². The molecule has 1 N–H and O–H groups in total. The molecule has 2 aromatic carbocycles. The SMILES string of the molecule is COC(=O)c1ccc(NC(=O)C(C)N(c2cc(C)cc(C)c2)S(C)(=O)=O)cc1. The predicted octanol–water partition coefficient (Wildman–Crippen LogP) is 2.88. The highest BCUT2D eigenvalue weighted by Gasteiger charge is 2.29. The third-order valence-electron chi connectivity index (χ3n) is 4.12. The van der Waals surface area contributed by atoms with E-state index in [4.69, 9.17) is 0 Å². The molecule has 0 fully saturated rings. The molecule has 0 saturated carbocycles. The van der Waals surface area contributed by atoms with Gasteiger partial charge in [0, 0.05) is 5.69 Å². The number of amides is 1. The van der Waals surface area contributed by atoms with Crippen molar-refractivity contribution in [2.24, 2.45) is 0 Å². The Morgan fingerprint density at radius 1 is 1.04 bits per heavy atom. The fourth-order valence-corrected chi connectivity index (χ4v) is 4.10. The summed E-state index contributed by atoms with van der Waals surface area (Å²) in [4.78, 5) is 24.2. The molecule has 8 heteroatoms. The van der Waals surface area contributed by atoms with Gasteiger partial charge in [0.05, 0.1) is 24.6 Å². The van der Waals surface area contributed by atoms with Crippen LogP contribution in [0.25, 0.3) is 0 Å². The first-order valence-electron chi connectivity index (χ1n) is 8.60. The van der Waals surface area contributed by atoms with Gasteiger partial charge in [0.15, 0.2) is 0 Å². The Labute approximate surface area is 165 Å². The molecule has 0 aromatic heterocycles. The Morgan fingerprint density at radius 2 is 1.57 bits per heavy atom. The first kappa shape index (κ1) is 21.4. The minimum absolute atomic E-state index is 0.349. The number of aryl methyl sites for hydroxylation is 2. The zero-order valence-electron chi connectivity index (χ0n) is 16.5. The second-order valence-corrected chi connectivity index (χ2v) is 8.50. The van der Waals surface area contributed by atoms with Gasteiger partial charge in [0.2, 0.25) is 15.9 Å². The lowest BCUT2D eigenvalue weighted by Crippen LogP contribution is -2.45. The van der Waals surface area contributed by atoms with Gasteiger partial charge in [-0.1, -0.05) is 6.07 Å². The van der Waals surface area contributed by atoms with Crippen LogP contribution in [0.5, 0.6) is 0 Å². The average molecular weight is 404 g/mol. The number of anilines is 2. The molecule has 7 nitrogen and oxygen atoms in total. The number of sulfonamides is 1. The summed E-state index contributed by atoms with van der Waals surface area (Å²) in [6, 6.07) is 10.5. The molecule has 2 rings (SSSR count). The Hall–Kier alpha value is -2.87. The highest BCUT2D eigenvalue weighted by Crippen LogP contribution is 2.24. The van der Waals surface area contributed by atoms with Crippen LogP contribution >= 0.6 is 0 Å². The monoisotopic (exact) mass is 404 g/mol. The van der Waals surface area contributed by atoms with Crippen molar-refractivity contribution in [3.05, 3.63) is 59.2 Å². The fourth-order valence-electron chi connectivity index (χ4n) is 2.94. The van der Waals surface area contributed by atoms with E-state index in [9.17, 15) is 18.0 Å². The van der Waals surface area contributed by atoms with E-state index in [1.54, 1.807) is 24.3 Å². The second-order valence-electron chi connectivity index (χ2n) is 6.64. The number of nitrogens with one attached hydrogen (secondary N) is 1. The standard InChI is InChI=1S/C20H24N2O5S/c1-13-10-14(2)12-18(11-13)22(28(5,25)26)15(3)19(23)21-17-8-6-16(7-9-17)20(24)27-4/h6-12,15H,1-5H3,(H,21,23). The molecular formula is C20H24N2O5S. The summed E-state index contributed by atoms with van der Waals surface area (Å²) in [6.07, 6.45) is 1.07. The van der Waals surface area contributed by atoms with Crippen molar-refractivity contribution in [3.8, 4) is 0 Å². The molecule has 0 aliphatic rings. The first-order chi connectivity index (χ1) is 13.0. The number of hydrogen-bond acceptors (Lipinski definition) is 5. The Bertz CT molecular complexity index is 964. The number of methoxy groups -OCH3 is 1. The van der Waals surface area contributed by atoms with Crippen LogP contribution in [0.15, 0.2) is 42.5 Å².